The summed E-state index contributed by atoms with van der Waals surface area (Å²) in [4.78, 5) is 8.05. The van der Waals surface area contributed by atoms with Gasteiger partial charge in [0, 0.05) is 6.54 Å². The number of hydrogen-bond donors (Lipinski definition) is 2. The van der Waals surface area contributed by atoms with Crippen molar-refractivity contribution in [1.29, 1.82) is 0 Å². The van der Waals surface area contributed by atoms with Gasteiger partial charge < -0.3 is 11.1 Å². The molecule has 0 saturated heterocycles. The van der Waals surface area contributed by atoms with Crippen LogP contribution in [0.2, 0.25) is 0 Å². The first kappa shape index (κ1) is 10.3. The molecule has 4 nitrogen and oxygen atoms in total. The Balaban J connectivity index is 2.61. The smallest absolute Gasteiger partial charge is 0.227 e. The largest absolute Gasteiger partial charge is 0.375 e. The molecule has 0 aromatic carbocycles. The lowest BCUT2D eigenvalue weighted by Gasteiger charge is -2.02. The molecule has 0 aliphatic heterocycles. The van der Waals surface area contributed by atoms with E-state index in [0.717, 1.165) is 19.4 Å². The molecular weight excluding hydrogens is 204 g/mol. The Labute approximate surface area is 86.2 Å². The lowest BCUT2D eigenvalue weighted by Crippen LogP contribution is -2.05. The predicted octanol–water partition coefficient (Wildman–Crippen LogP) is 2.06. The van der Waals surface area contributed by atoms with Gasteiger partial charge in [0.2, 0.25) is 5.95 Å². The van der Waals surface area contributed by atoms with Crippen molar-refractivity contribution < 1.29 is 0 Å². The van der Waals surface area contributed by atoms with Gasteiger partial charge in [0.1, 0.15) is 0 Å². The highest BCUT2D eigenvalue weighted by atomic mass is 32.1. The first-order valence-corrected chi connectivity index (χ1v) is 5.33. The molecule has 0 spiro atoms. The lowest BCUT2D eigenvalue weighted by molar-refractivity contribution is 0.827. The van der Waals surface area contributed by atoms with E-state index in [1.54, 1.807) is 0 Å². The van der Waals surface area contributed by atoms with Gasteiger partial charge >= 0.3 is 0 Å². The molecule has 1 aromatic rings. The fraction of sp³-hybridized carbons (Fsp3) is 0.571. The van der Waals surface area contributed by atoms with E-state index < -0.39 is 0 Å². The van der Waals surface area contributed by atoms with Crippen molar-refractivity contribution in [3.05, 3.63) is 3.95 Å². The number of nitrogens with two attached hydrogens (primary N) is 1. The maximum atomic E-state index is 5.52. The quantitative estimate of drug-likeness (QED) is 0.596. The summed E-state index contributed by atoms with van der Waals surface area (Å²) < 4.78 is 0.520. The van der Waals surface area contributed by atoms with Gasteiger partial charge in [0.05, 0.1) is 0 Å². The van der Waals surface area contributed by atoms with Crippen LogP contribution in [0.5, 0.6) is 0 Å². The van der Waals surface area contributed by atoms with Gasteiger partial charge in [-0.3, -0.25) is 0 Å². The summed E-state index contributed by atoms with van der Waals surface area (Å²) in [5.74, 6) is 0.537. The summed E-state index contributed by atoms with van der Waals surface area (Å²) in [6.45, 7) is 2.99. The molecule has 0 radical (unpaired) electrons. The molecule has 1 rings (SSSR count). The minimum atomic E-state index is 0.457. The Morgan fingerprint density at radius 2 is 2.31 bits per heavy atom. The third-order valence-corrected chi connectivity index (χ3v) is 2.33. The van der Waals surface area contributed by atoms with Gasteiger partial charge in [0.15, 0.2) is 9.09 Å². The third kappa shape index (κ3) is 3.65. The third-order valence-electron chi connectivity index (χ3n) is 1.42. The van der Waals surface area contributed by atoms with Gasteiger partial charge in [-0.15, -0.1) is 0 Å². The molecular formula is C7H12N4S2. The summed E-state index contributed by atoms with van der Waals surface area (Å²) in [6.07, 6.45) is 2.23. The molecule has 6 heteroatoms. The van der Waals surface area contributed by atoms with E-state index >= 15 is 0 Å². The predicted molar refractivity (Wildman–Crippen MR) is 58.6 cm³/mol. The van der Waals surface area contributed by atoms with Gasteiger partial charge in [-0.25, -0.2) is 0 Å². The van der Waals surface area contributed by atoms with E-state index in [-0.39, 0.29) is 0 Å². The number of anilines is 2. The van der Waals surface area contributed by atoms with Crippen LogP contribution in [-0.2, 0) is 0 Å². The molecule has 3 N–H and O–H groups in total. The molecule has 0 amide bonds. The van der Waals surface area contributed by atoms with E-state index in [2.05, 4.69) is 22.2 Å². The Kier molecular flexibility index (Phi) is 4.04. The summed E-state index contributed by atoms with van der Waals surface area (Å²) in [5.41, 5.74) is 5.52. The Morgan fingerprint density at radius 3 is 2.92 bits per heavy atom. The topological polar surface area (TPSA) is 63.8 Å². The molecule has 1 aromatic heterocycles. The molecule has 0 unspecified atom stereocenters. The zero-order valence-electron chi connectivity index (χ0n) is 7.41. The number of nitrogens with one attached hydrogen (secondary N) is 1. The second-order valence-electron chi connectivity index (χ2n) is 2.53. The number of rotatable bonds is 4. The zero-order valence-corrected chi connectivity index (χ0v) is 9.04. The van der Waals surface area contributed by atoms with Crippen LogP contribution < -0.4 is 11.1 Å². The molecule has 1 heterocycles. The number of hydrogen-bond acceptors (Lipinski definition) is 6. The second kappa shape index (κ2) is 5.08. The number of nitrogen functional groups attached to an aromatic ring is 1. The van der Waals surface area contributed by atoms with Crippen LogP contribution in [0.4, 0.5) is 11.1 Å². The van der Waals surface area contributed by atoms with Gasteiger partial charge in [-0.2, -0.15) is 9.97 Å². The van der Waals surface area contributed by atoms with Gasteiger partial charge in [-0.1, -0.05) is 24.7 Å². The van der Waals surface area contributed by atoms with Crippen LogP contribution in [0.25, 0.3) is 0 Å². The molecule has 0 saturated carbocycles. The molecule has 72 valence electrons. The fourth-order valence-electron chi connectivity index (χ4n) is 0.807. The minimum absolute atomic E-state index is 0.457. The first-order valence-electron chi connectivity index (χ1n) is 4.11. The molecule has 0 aliphatic carbocycles. The summed E-state index contributed by atoms with van der Waals surface area (Å²) in [6, 6.07) is 0. The van der Waals surface area contributed by atoms with Crippen molar-refractivity contribution in [2.24, 2.45) is 0 Å². The average Bonchev–Trinajstić information content (AvgIpc) is 2.03. The number of nitrogens with zero attached hydrogens (tertiary/aromatic N) is 2. The van der Waals surface area contributed by atoms with Crippen molar-refractivity contribution in [3.8, 4) is 0 Å². The molecule has 0 aliphatic rings. The van der Waals surface area contributed by atoms with Crippen LogP contribution in [-0.4, -0.2) is 16.5 Å². The SMILES string of the molecule is CCCCNc1nc(N)sc(=S)n1. The van der Waals surface area contributed by atoms with E-state index in [1.165, 1.54) is 11.3 Å². The highest BCUT2D eigenvalue weighted by Crippen LogP contribution is 2.10. The van der Waals surface area contributed by atoms with Gasteiger partial charge in [0.25, 0.3) is 0 Å². The Hall–Kier alpha value is -0.750. The lowest BCUT2D eigenvalue weighted by atomic mass is 10.3. The Morgan fingerprint density at radius 1 is 1.54 bits per heavy atom. The van der Waals surface area contributed by atoms with E-state index in [1.807, 2.05) is 0 Å². The fourth-order valence-corrected chi connectivity index (χ4v) is 1.59. The van der Waals surface area contributed by atoms with Crippen molar-refractivity contribution in [2.75, 3.05) is 17.6 Å². The van der Waals surface area contributed by atoms with Crippen LogP contribution >= 0.6 is 23.6 Å². The normalized spacial score (nSPS) is 9.92. The molecule has 0 atom stereocenters. The Bertz CT molecular complexity index is 323. The van der Waals surface area contributed by atoms with Crippen LogP contribution in [0.1, 0.15) is 19.8 Å². The van der Waals surface area contributed by atoms with Crippen molar-refractivity contribution in [3.63, 3.8) is 0 Å². The van der Waals surface area contributed by atoms with E-state index in [9.17, 15) is 0 Å². The van der Waals surface area contributed by atoms with E-state index in [4.69, 9.17) is 18.0 Å². The average molecular weight is 216 g/mol. The standard InChI is InChI=1S/C7H12N4S2/c1-2-3-4-9-6-10-5(8)13-7(12)11-6/h2-4H2,1H3,(H3,8,9,10,11,12). The molecule has 0 fully saturated rings. The van der Waals surface area contributed by atoms with Crippen LogP contribution in [0.15, 0.2) is 0 Å². The molecule has 13 heavy (non-hydrogen) atoms. The van der Waals surface area contributed by atoms with Gasteiger partial charge in [-0.05, 0) is 18.6 Å². The van der Waals surface area contributed by atoms with Crippen LogP contribution in [0.3, 0.4) is 0 Å². The summed E-state index contributed by atoms with van der Waals surface area (Å²) in [5, 5.41) is 3.52. The van der Waals surface area contributed by atoms with Crippen molar-refractivity contribution >= 4 is 34.6 Å². The molecule has 0 bridgehead atoms. The van der Waals surface area contributed by atoms with Crippen molar-refractivity contribution in [2.45, 2.75) is 19.8 Å². The number of unbranched alkanes of at least 4 members (excludes halogenated alkanes) is 1. The maximum absolute atomic E-state index is 5.52. The number of aromatic nitrogens is 2. The van der Waals surface area contributed by atoms with E-state index in [0.29, 0.717) is 15.0 Å². The van der Waals surface area contributed by atoms with Crippen LogP contribution in [0, 0.1) is 3.95 Å². The first-order chi connectivity index (χ1) is 6.22. The maximum Gasteiger partial charge on any atom is 0.227 e. The highest BCUT2D eigenvalue weighted by Gasteiger charge is 1.96. The summed E-state index contributed by atoms with van der Waals surface area (Å²) >= 11 is 6.13. The second-order valence-corrected chi connectivity index (χ2v) is 4.19. The monoisotopic (exact) mass is 216 g/mol. The minimum Gasteiger partial charge on any atom is -0.375 e. The highest BCUT2D eigenvalue weighted by molar-refractivity contribution is 7.73. The van der Waals surface area contributed by atoms with Crippen molar-refractivity contribution in [1.82, 2.24) is 9.97 Å². The zero-order chi connectivity index (χ0) is 9.68. The summed E-state index contributed by atoms with van der Waals surface area (Å²) in [7, 11) is 0.